The highest BCUT2D eigenvalue weighted by molar-refractivity contribution is 6.15. The van der Waals surface area contributed by atoms with E-state index in [2.05, 4.69) is 5.32 Å². The van der Waals surface area contributed by atoms with E-state index in [0.29, 0.717) is 12.0 Å². The minimum atomic E-state index is -0.112. The third kappa shape index (κ3) is 2.50. The second kappa shape index (κ2) is 5.37. The zero-order valence-corrected chi connectivity index (χ0v) is 11.7. The lowest BCUT2D eigenvalue weighted by Gasteiger charge is -2.01. The summed E-state index contributed by atoms with van der Waals surface area (Å²) in [6.45, 7) is 0. The maximum atomic E-state index is 12.3. The molecule has 3 heteroatoms. The van der Waals surface area contributed by atoms with Crippen LogP contribution in [0.2, 0.25) is 0 Å². The van der Waals surface area contributed by atoms with Gasteiger partial charge < -0.3 is 5.32 Å². The van der Waals surface area contributed by atoms with Gasteiger partial charge in [0.1, 0.15) is 0 Å². The molecule has 21 heavy (non-hydrogen) atoms. The molecule has 0 radical (unpaired) electrons. The molecule has 0 bridgehead atoms. The average molecular weight is 277 g/mol. The minimum absolute atomic E-state index is 0.0981. The molecule has 0 aliphatic heterocycles. The number of fused-ring (bicyclic) bond motifs is 1. The lowest BCUT2D eigenvalue weighted by Crippen LogP contribution is -2.17. The number of hydrogen-bond donors (Lipinski definition) is 1. The molecule has 3 nitrogen and oxygen atoms in total. The van der Waals surface area contributed by atoms with Crippen molar-refractivity contribution in [2.45, 2.75) is 6.42 Å². The number of allylic oxidation sites excluding steroid dienone is 1. The first-order valence-electron chi connectivity index (χ1n) is 6.84. The van der Waals surface area contributed by atoms with Crippen LogP contribution in [0.3, 0.4) is 0 Å². The maximum Gasteiger partial charge on any atom is 0.251 e. The van der Waals surface area contributed by atoms with Crippen LogP contribution < -0.4 is 5.32 Å². The summed E-state index contributed by atoms with van der Waals surface area (Å²) in [5, 5.41) is 2.58. The molecule has 2 aromatic rings. The number of amides is 1. The summed E-state index contributed by atoms with van der Waals surface area (Å²) in [7, 11) is 1.60. The van der Waals surface area contributed by atoms with Crippen LogP contribution >= 0.6 is 0 Å². The second-order valence-corrected chi connectivity index (χ2v) is 5.03. The highest BCUT2D eigenvalue weighted by Gasteiger charge is 2.23. The summed E-state index contributed by atoms with van der Waals surface area (Å²) in [5.74, 6) is -0.0143. The Morgan fingerprint density at radius 3 is 2.48 bits per heavy atom. The number of ketones is 1. The minimum Gasteiger partial charge on any atom is -0.355 e. The standard InChI is InChI=1S/C18H15NO2/c1-19-18(21)13-8-6-12(7-9-13)10-15-11-14-4-2-3-5-16(14)17(15)20/h2-10H,11H2,1H3,(H,19,21)/b15-10+. The molecule has 104 valence electrons. The number of rotatable bonds is 2. The summed E-state index contributed by atoms with van der Waals surface area (Å²) in [4.78, 5) is 23.8. The van der Waals surface area contributed by atoms with Crippen LogP contribution in [-0.2, 0) is 6.42 Å². The predicted molar refractivity (Wildman–Crippen MR) is 82.3 cm³/mol. The van der Waals surface area contributed by atoms with Gasteiger partial charge in [-0.3, -0.25) is 9.59 Å². The fourth-order valence-corrected chi connectivity index (χ4v) is 2.55. The molecule has 2 aromatic carbocycles. The topological polar surface area (TPSA) is 46.2 Å². The number of benzene rings is 2. The first-order valence-corrected chi connectivity index (χ1v) is 6.84. The van der Waals surface area contributed by atoms with Gasteiger partial charge in [0, 0.05) is 30.2 Å². The summed E-state index contributed by atoms with van der Waals surface area (Å²) < 4.78 is 0. The number of carbonyl (C=O) groups is 2. The van der Waals surface area contributed by atoms with E-state index in [4.69, 9.17) is 0 Å². The Balaban J connectivity index is 1.87. The molecule has 1 aliphatic rings. The van der Waals surface area contributed by atoms with Gasteiger partial charge in [-0.1, -0.05) is 36.4 Å². The van der Waals surface area contributed by atoms with E-state index in [9.17, 15) is 9.59 Å². The fraction of sp³-hybridized carbons (Fsp3) is 0.111. The third-order valence-electron chi connectivity index (χ3n) is 3.68. The van der Waals surface area contributed by atoms with E-state index in [1.807, 2.05) is 42.5 Å². The fourth-order valence-electron chi connectivity index (χ4n) is 2.55. The summed E-state index contributed by atoms with van der Waals surface area (Å²) in [6.07, 6.45) is 2.57. The molecule has 1 N–H and O–H groups in total. The molecule has 0 saturated heterocycles. The molecule has 0 spiro atoms. The molecular weight excluding hydrogens is 262 g/mol. The molecule has 0 atom stereocenters. The van der Waals surface area contributed by atoms with E-state index in [1.54, 1.807) is 19.2 Å². The Hall–Kier alpha value is -2.68. The molecule has 1 amide bonds. The van der Waals surface area contributed by atoms with Crippen LogP contribution in [0, 0.1) is 0 Å². The molecule has 0 unspecified atom stereocenters. The Morgan fingerprint density at radius 2 is 1.81 bits per heavy atom. The van der Waals surface area contributed by atoms with Gasteiger partial charge in [0.15, 0.2) is 5.78 Å². The zero-order valence-electron chi connectivity index (χ0n) is 11.7. The Labute approximate surface area is 123 Å². The molecule has 0 heterocycles. The van der Waals surface area contributed by atoms with Gasteiger partial charge in [0.25, 0.3) is 5.91 Å². The maximum absolute atomic E-state index is 12.3. The van der Waals surface area contributed by atoms with Crippen molar-refractivity contribution in [1.82, 2.24) is 5.32 Å². The van der Waals surface area contributed by atoms with Crippen LogP contribution in [0.4, 0.5) is 0 Å². The normalized spacial score (nSPS) is 15.1. The van der Waals surface area contributed by atoms with Crippen molar-refractivity contribution < 1.29 is 9.59 Å². The number of Topliss-reactive ketones (excluding diaryl/α,β-unsaturated/α-hetero) is 1. The van der Waals surface area contributed by atoms with Gasteiger partial charge in [-0.25, -0.2) is 0 Å². The molecule has 0 saturated carbocycles. The second-order valence-electron chi connectivity index (χ2n) is 5.03. The van der Waals surface area contributed by atoms with Crippen molar-refractivity contribution in [3.63, 3.8) is 0 Å². The van der Waals surface area contributed by atoms with Crippen molar-refractivity contribution in [1.29, 1.82) is 0 Å². The molecule has 0 aromatic heterocycles. The van der Waals surface area contributed by atoms with Crippen LogP contribution in [0.1, 0.15) is 31.8 Å². The lowest BCUT2D eigenvalue weighted by atomic mass is 10.1. The molecule has 3 rings (SSSR count). The largest absolute Gasteiger partial charge is 0.355 e. The van der Waals surface area contributed by atoms with Crippen molar-refractivity contribution in [3.8, 4) is 0 Å². The van der Waals surface area contributed by atoms with Crippen LogP contribution in [0.5, 0.6) is 0 Å². The van der Waals surface area contributed by atoms with Gasteiger partial charge in [0.2, 0.25) is 0 Å². The summed E-state index contributed by atoms with van der Waals surface area (Å²) in [6, 6.07) is 14.9. The van der Waals surface area contributed by atoms with Gasteiger partial charge in [-0.05, 0) is 29.3 Å². The first-order chi connectivity index (χ1) is 10.2. The Bertz CT molecular complexity index is 742. The van der Waals surface area contributed by atoms with Gasteiger partial charge in [-0.2, -0.15) is 0 Å². The predicted octanol–water partition coefficient (Wildman–Crippen LogP) is 2.87. The zero-order chi connectivity index (χ0) is 14.8. The quantitative estimate of drug-likeness (QED) is 0.858. The third-order valence-corrected chi connectivity index (χ3v) is 3.68. The van der Waals surface area contributed by atoms with Gasteiger partial charge in [0.05, 0.1) is 0 Å². The first kappa shape index (κ1) is 13.3. The monoisotopic (exact) mass is 277 g/mol. The summed E-state index contributed by atoms with van der Waals surface area (Å²) in [5.41, 5.74) is 4.21. The van der Waals surface area contributed by atoms with E-state index >= 15 is 0 Å². The lowest BCUT2D eigenvalue weighted by molar-refractivity contribution is 0.0962. The molecule has 0 fully saturated rings. The highest BCUT2D eigenvalue weighted by atomic mass is 16.1. The number of hydrogen-bond acceptors (Lipinski definition) is 2. The molecular formula is C18H15NO2. The number of nitrogens with one attached hydrogen (secondary N) is 1. The van der Waals surface area contributed by atoms with Crippen molar-refractivity contribution >= 4 is 17.8 Å². The summed E-state index contributed by atoms with van der Waals surface area (Å²) >= 11 is 0. The Kier molecular flexibility index (Phi) is 3.40. The van der Waals surface area contributed by atoms with E-state index < -0.39 is 0 Å². The smallest absolute Gasteiger partial charge is 0.251 e. The van der Waals surface area contributed by atoms with Crippen LogP contribution in [0.15, 0.2) is 54.1 Å². The van der Waals surface area contributed by atoms with E-state index in [1.165, 1.54) is 0 Å². The van der Waals surface area contributed by atoms with Gasteiger partial charge >= 0.3 is 0 Å². The van der Waals surface area contributed by atoms with Crippen molar-refractivity contribution in [2.24, 2.45) is 0 Å². The van der Waals surface area contributed by atoms with E-state index in [0.717, 1.165) is 22.3 Å². The highest BCUT2D eigenvalue weighted by Crippen LogP contribution is 2.27. The average Bonchev–Trinajstić information content (AvgIpc) is 2.84. The molecule has 1 aliphatic carbocycles. The Morgan fingerprint density at radius 1 is 1.10 bits per heavy atom. The van der Waals surface area contributed by atoms with Gasteiger partial charge in [-0.15, -0.1) is 0 Å². The van der Waals surface area contributed by atoms with Crippen LogP contribution in [-0.4, -0.2) is 18.7 Å². The van der Waals surface area contributed by atoms with E-state index in [-0.39, 0.29) is 11.7 Å². The number of carbonyl (C=O) groups excluding carboxylic acids is 2. The van der Waals surface area contributed by atoms with Crippen LogP contribution in [0.25, 0.3) is 6.08 Å². The SMILES string of the molecule is CNC(=O)c1ccc(/C=C2\Cc3ccccc3C2=O)cc1. The van der Waals surface area contributed by atoms with Crippen molar-refractivity contribution in [2.75, 3.05) is 7.05 Å². The van der Waals surface area contributed by atoms with Crippen molar-refractivity contribution in [3.05, 3.63) is 76.4 Å².